The van der Waals surface area contributed by atoms with Crippen LogP contribution in [-0.2, 0) is 10.5 Å². The normalized spacial score (nSPS) is 16.1. The number of halogens is 2. The van der Waals surface area contributed by atoms with E-state index in [1.54, 1.807) is 0 Å². The van der Waals surface area contributed by atoms with Gasteiger partial charge in [0, 0.05) is 11.6 Å². The van der Waals surface area contributed by atoms with E-state index in [2.05, 4.69) is 77.9 Å². The molecule has 27 heavy (non-hydrogen) atoms. The van der Waals surface area contributed by atoms with Crippen molar-refractivity contribution in [1.82, 2.24) is 4.90 Å². The lowest BCUT2D eigenvalue weighted by Crippen LogP contribution is -2.27. The second-order valence-corrected chi connectivity index (χ2v) is 10.4. The second-order valence-electron chi connectivity index (χ2n) is 6.95. The molecule has 2 aromatic rings. The highest BCUT2D eigenvalue weighted by molar-refractivity contribution is 8.18. The zero-order chi connectivity index (χ0) is 18.2. The fourth-order valence-corrected chi connectivity index (χ4v) is 6.95. The number of nitrogens with zero attached hydrogens (tertiary/aromatic N) is 1. The quantitative estimate of drug-likeness (QED) is 0.446. The van der Waals surface area contributed by atoms with E-state index >= 15 is 0 Å². The molecule has 1 aliphatic rings. The van der Waals surface area contributed by atoms with Crippen LogP contribution in [0.5, 0.6) is 0 Å². The summed E-state index contributed by atoms with van der Waals surface area (Å²) < 4.78 is 0.260. The number of rotatable bonds is 8. The average Bonchev–Trinajstić information content (AvgIpc) is 2.69. The number of hydrogen-bond donors (Lipinski definition) is 0. The molecule has 0 amide bonds. The summed E-state index contributed by atoms with van der Waals surface area (Å²) in [5.74, 6) is 2.57. The molecule has 0 radical (unpaired) electrons. The first-order chi connectivity index (χ1) is 12.7. The molecule has 1 fully saturated rings. The second kappa shape index (κ2) is 11.6. The van der Waals surface area contributed by atoms with E-state index in [4.69, 9.17) is 11.6 Å². The van der Waals surface area contributed by atoms with Crippen LogP contribution in [0.15, 0.2) is 54.6 Å². The number of benzene rings is 2. The third kappa shape index (κ3) is 6.90. The van der Waals surface area contributed by atoms with Gasteiger partial charge in [0.25, 0.3) is 0 Å². The summed E-state index contributed by atoms with van der Waals surface area (Å²) in [6, 6.07) is 19.4. The zero-order valence-electron chi connectivity index (χ0n) is 15.9. The van der Waals surface area contributed by atoms with Crippen molar-refractivity contribution in [3.05, 3.63) is 70.7 Å². The first-order valence-electron chi connectivity index (χ1n) is 9.44. The van der Waals surface area contributed by atoms with Crippen molar-refractivity contribution < 1.29 is 0 Å². The molecule has 1 heterocycles. The SMILES string of the molecule is CN(CCCC1(c2ccccc2)SCCCS1)CCc1ccc(Cl)cc1.Cl. The summed E-state index contributed by atoms with van der Waals surface area (Å²) in [5, 5.41) is 0.816. The highest BCUT2D eigenvalue weighted by Gasteiger charge is 2.34. The Balaban J connectivity index is 0.00000261. The predicted octanol–water partition coefficient (Wildman–Crippen LogP) is 6.74. The fourth-order valence-electron chi connectivity index (χ4n) is 3.39. The maximum absolute atomic E-state index is 5.97. The third-order valence-corrected chi connectivity index (χ3v) is 8.67. The van der Waals surface area contributed by atoms with E-state index in [0.717, 1.165) is 24.5 Å². The summed E-state index contributed by atoms with van der Waals surface area (Å²) in [5.41, 5.74) is 2.86. The van der Waals surface area contributed by atoms with Crippen LogP contribution >= 0.6 is 47.5 Å². The van der Waals surface area contributed by atoms with Gasteiger partial charge in [0.1, 0.15) is 0 Å². The number of likely N-dealkylation sites (N-methyl/N-ethyl adjacent to an activating group) is 1. The molecule has 5 heteroatoms. The first-order valence-corrected chi connectivity index (χ1v) is 11.8. The molecule has 0 unspecified atom stereocenters. The smallest absolute Gasteiger partial charge is 0.0860 e. The molecule has 1 saturated heterocycles. The van der Waals surface area contributed by atoms with Crippen LogP contribution in [0.1, 0.15) is 30.4 Å². The number of hydrogen-bond acceptors (Lipinski definition) is 3. The van der Waals surface area contributed by atoms with Crippen LogP contribution in [0.2, 0.25) is 5.02 Å². The minimum Gasteiger partial charge on any atom is -0.306 e. The standard InChI is InChI=1S/C22H28ClNS2.ClH/c1-24(16-13-19-9-11-21(23)12-10-19)15-5-14-22(25-17-6-18-26-22)20-7-3-2-4-8-20;/h2-4,7-12H,5-6,13-18H2,1H3;1H. The lowest BCUT2D eigenvalue weighted by Gasteiger charge is -2.37. The van der Waals surface area contributed by atoms with Crippen molar-refractivity contribution in [3.8, 4) is 0 Å². The van der Waals surface area contributed by atoms with Crippen LogP contribution in [0.4, 0.5) is 0 Å². The molecular weight excluding hydrogens is 413 g/mol. The van der Waals surface area contributed by atoms with Crippen molar-refractivity contribution in [2.24, 2.45) is 0 Å². The van der Waals surface area contributed by atoms with Crippen LogP contribution in [0.25, 0.3) is 0 Å². The topological polar surface area (TPSA) is 3.24 Å². The summed E-state index contributed by atoms with van der Waals surface area (Å²) in [7, 11) is 2.24. The Morgan fingerprint density at radius 2 is 1.63 bits per heavy atom. The van der Waals surface area contributed by atoms with Gasteiger partial charge < -0.3 is 4.90 Å². The molecule has 0 aromatic heterocycles. The Kier molecular flexibility index (Phi) is 9.89. The van der Waals surface area contributed by atoms with Gasteiger partial charge in [-0.1, -0.05) is 54.1 Å². The van der Waals surface area contributed by atoms with Gasteiger partial charge in [-0.05, 0) is 74.0 Å². The lowest BCUT2D eigenvalue weighted by atomic mass is 10.1. The highest BCUT2D eigenvalue weighted by atomic mass is 35.5. The Bertz CT molecular complexity index is 658. The van der Waals surface area contributed by atoms with E-state index in [1.165, 1.54) is 41.9 Å². The minimum absolute atomic E-state index is 0. The summed E-state index contributed by atoms with van der Waals surface area (Å²) in [6.07, 6.45) is 4.91. The van der Waals surface area contributed by atoms with Crippen molar-refractivity contribution in [2.45, 2.75) is 29.8 Å². The summed E-state index contributed by atoms with van der Waals surface area (Å²) in [4.78, 5) is 2.46. The Morgan fingerprint density at radius 3 is 2.30 bits per heavy atom. The van der Waals surface area contributed by atoms with Crippen molar-refractivity contribution in [1.29, 1.82) is 0 Å². The van der Waals surface area contributed by atoms with Gasteiger partial charge in [-0.2, -0.15) is 0 Å². The molecule has 0 saturated carbocycles. The van der Waals surface area contributed by atoms with E-state index in [0.29, 0.717) is 0 Å². The van der Waals surface area contributed by atoms with Crippen LogP contribution < -0.4 is 0 Å². The minimum atomic E-state index is 0. The van der Waals surface area contributed by atoms with Gasteiger partial charge in [0.05, 0.1) is 4.08 Å². The van der Waals surface area contributed by atoms with Gasteiger partial charge in [-0.25, -0.2) is 0 Å². The largest absolute Gasteiger partial charge is 0.306 e. The highest BCUT2D eigenvalue weighted by Crippen LogP contribution is 2.53. The molecular formula is C22H29Cl2NS2. The molecule has 3 rings (SSSR count). The molecule has 0 aliphatic carbocycles. The van der Waals surface area contributed by atoms with Crippen molar-refractivity contribution in [3.63, 3.8) is 0 Å². The van der Waals surface area contributed by atoms with E-state index in [1.807, 2.05) is 12.1 Å². The molecule has 1 nitrogen and oxygen atoms in total. The molecule has 0 atom stereocenters. The van der Waals surface area contributed by atoms with Gasteiger partial charge in [-0.15, -0.1) is 35.9 Å². The Morgan fingerprint density at radius 1 is 0.963 bits per heavy atom. The first kappa shape index (κ1) is 23.0. The van der Waals surface area contributed by atoms with E-state index in [-0.39, 0.29) is 16.5 Å². The maximum atomic E-state index is 5.97. The Labute approximate surface area is 184 Å². The molecule has 1 aliphatic heterocycles. The van der Waals surface area contributed by atoms with E-state index < -0.39 is 0 Å². The zero-order valence-corrected chi connectivity index (χ0v) is 19.1. The van der Waals surface area contributed by atoms with Crippen LogP contribution in [-0.4, -0.2) is 36.5 Å². The predicted molar refractivity (Wildman–Crippen MR) is 127 cm³/mol. The maximum Gasteiger partial charge on any atom is 0.0860 e. The monoisotopic (exact) mass is 441 g/mol. The number of thioether (sulfide) groups is 2. The van der Waals surface area contributed by atoms with Gasteiger partial charge in [0.2, 0.25) is 0 Å². The average molecular weight is 443 g/mol. The third-order valence-electron chi connectivity index (χ3n) is 4.91. The summed E-state index contributed by atoms with van der Waals surface area (Å²) in [6.45, 7) is 2.25. The molecule has 0 bridgehead atoms. The van der Waals surface area contributed by atoms with Crippen LogP contribution in [0.3, 0.4) is 0 Å². The van der Waals surface area contributed by atoms with Crippen molar-refractivity contribution in [2.75, 3.05) is 31.6 Å². The molecule has 0 spiro atoms. The van der Waals surface area contributed by atoms with E-state index in [9.17, 15) is 0 Å². The van der Waals surface area contributed by atoms with Gasteiger partial charge >= 0.3 is 0 Å². The summed E-state index contributed by atoms with van der Waals surface area (Å²) >= 11 is 10.3. The lowest BCUT2D eigenvalue weighted by molar-refractivity contribution is 0.328. The van der Waals surface area contributed by atoms with Gasteiger partial charge in [-0.3, -0.25) is 0 Å². The molecule has 148 valence electrons. The molecule has 0 N–H and O–H groups in total. The Hall–Kier alpha value is -0.320. The van der Waals surface area contributed by atoms with Crippen LogP contribution in [0, 0.1) is 0 Å². The van der Waals surface area contributed by atoms with Crippen molar-refractivity contribution >= 4 is 47.5 Å². The van der Waals surface area contributed by atoms with Gasteiger partial charge in [0.15, 0.2) is 0 Å². The fraction of sp³-hybridized carbons (Fsp3) is 0.455. The molecule has 2 aromatic carbocycles.